The highest BCUT2D eigenvalue weighted by molar-refractivity contribution is 7.89. The van der Waals surface area contributed by atoms with Crippen molar-refractivity contribution in [2.75, 3.05) is 6.79 Å². The summed E-state index contributed by atoms with van der Waals surface area (Å²) in [4.78, 5) is 0.0670. The minimum Gasteiger partial charge on any atom is -0.458 e. The molecule has 0 heterocycles. The standard InChI is InChI=1S/C20H19N3O4S/c21-20(22)15-4-3-5-17(12-15)27-13-26-16-10-8-14(9-11-16)18-6-1-2-7-19(18)28(23,24)25/h1-12H,13H2,(H3,21,22)(H2,23,24,25). The van der Waals surface area contributed by atoms with E-state index in [0.717, 1.165) is 0 Å². The fraction of sp³-hybridized carbons (Fsp3) is 0.0500. The van der Waals surface area contributed by atoms with Gasteiger partial charge in [-0.05, 0) is 35.9 Å². The zero-order valence-electron chi connectivity index (χ0n) is 14.8. The molecule has 0 amide bonds. The van der Waals surface area contributed by atoms with E-state index in [4.69, 9.17) is 25.8 Å². The third-order valence-electron chi connectivity index (χ3n) is 3.96. The third-order valence-corrected chi connectivity index (χ3v) is 4.92. The molecule has 3 aromatic carbocycles. The van der Waals surface area contributed by atoms with Crippen LogP contribution < -0.4 is 20.3 Å². The Morgan fingerprint density at radius 2 is 1.57 bits per heavy atom. The molecule has 7 nitrogen and oxygen atoms in total. The van der Waals surface area contributed by atoms with Crippen molar-refractivity contribution in [3.63, 3.8) is 0 Å². The van der Waals surface area contributed by atoms with Gasteiger partial charge in [-0.2, -0.15) is 0 Å². The zero-order valence-corrected chi connectivity index (χ0v) is 15.6. The second-order valence-corrected chi connectivity index (χ2v) is 7.44. The number of nitrogens with two attached hydrogens (primary N) is 2. The molecule has 0 radical (unpaired) electrons. The first-order valence-corrected chi connectivity index (χ1v) is 9.81. The number of nitrogens with one attached hydrogen (secondary N) is 1. The summed E-state index contributed by atoms with van der Waals surface area (Å²) in [7, 11) is -3.82. The molecule has 0 atom stereocenters. The van der Waals surface area contributed by atoms with Crippen LogP contribution in [-0.2, 0) is 10.0 Å². The van der Waals surface area contributed by atoms with E-state index < -0.39 is 10.0 Å². The molecule has 144 valence electrons. The SMILES string of the molecule is N=C(N)c1cccc(OCOc2ccc(-c3ccccc3S(N)(=O)=O)cc2)c1. The predicted molar refractivity (Wildman–Crippen MR) is 107 cm³/mol. The summed E-state index contributed by atoms with van der Waals surface area (Å²) in [5.74, 6) is 1.05. The fourth-order valence-electron chi connectivity index (χ4n) is 2.60. The molecule has 0 unspecified atom stereocenters. The summed E-state index contributed by atoms with van der Waals surface area (Å²) in [6, 6.07) is 20.3. The van der Waals surface area contributed by atoms with Crippen LogP contribution in [0.4, 0.5) is 0 Å². The number of benzene rings is 3. The largest absolute Gasteiger partial charge is 0.458 e. The number of hydrogen-bond acceptors (Lipinski definition) is 5. The molecule has 3 rings (SSSR count). The van der Waals surface area contributed by atoms with Crippen LogP contribution in [0.25, 0.3) is 11.1 Å². The number of hydrogen-bond donors (Lipinski definition) is 3. The van der Waals surface area contributed by atoms with E-state index in [1.807, 2.05) is 0 Å². The second kappa shape index (κ2) is 8.12. The van der Waals surface area contributed by atoms with E-state index in [0.29, 0.717) is 28.2 Å². The molecule has 5 N–H and O–H groups in total. The monoisotopic (exact) mass is 397 g/mol. The van der Waals surface area contributed by atoms with Crippen molar-refractivity contribution >= 4 is 15.9 Å². The van der Waals surface area contributed by atoms with E-state index in [2.05, 4.69) is 0 Å². The smallest absolute Gasteiger partial charge is 0.238 e. The van der Waals surface area contributed by atoms with Crippen LogP contribution in [-0.4, -0.2) is 21.0 Å². The Bertz CT molecular complexity index is 1100. The Balaban J connectivity index is 1.68. The lowest BCUT2D eigenvalue weighted by molar-refractivity contribution is 0.120. The Hall–Kier alpha value is -3.36. The van der Waals surface area contributed by atoms with Gasteiger partial charge in [0.05, 0.1) is 4.90 Å². The van der Waals surface area contributed by atoms with Gasteiger partial charge in [0.25, 0.3) is 0 Å². The Labute approximate surface area is 163 Å². The Kier molecular flexibility index (Phi) is 5.62. The van der Waals surface area contributed by atoms with Crippen LogP contribution in [0.1, 0.15) is 5.56 Å². The summed E-state index contributed by atoms with van der Waals surface area (Å²) in [6.07, 6.45) is 0. The van der Waals surface area contributed by atoms with Crippen molar-refractivity contribution < 1.29 is 17.9 Å². The summed E-state index contributed by atoms with van der Waals surface area (Å²) in [5, 5.41) is 12.7. The number of amidine groups is 1. The van der Waals surface area contributed by atoms with Gasteiger partial charge in [-0.1, -0.05) is 42.5 Å². The maximum absolute atomic E-state index is 11.8. The summed E-state index contributed by atoms with van der Waals surface area (Å²) >= 11 is 0. The van der Waals surface area contributed by atoms with E-state index in [9.17, 15) is 8.42 Å². The van der Waals surface area contributed by atoms with Crippen molar-refractivity contribution in [1.82, 2.24) is 0 Å². The normalized spacial score (nSPS) is 11.0. The number of primary sulfonamides is 1. The summed E-state index contributed by atoms with van der Waals surface area (Å²) in [6.45, 7) is -0.0333. The van der Waals surface area contributed by atoms with Crippen molar-refractivity contribution in [3.05, 3.63) is 78.4 Å². The van der Waals surface area contributed by atoms with Crippen molar-refractivity contribution in [3.8, 4) is 22.6 Å². The van der Waals surface area contributed by atoms with Crippen LogP contribution in [0, 0.1) is 5.41 Å². The highest BCUT2D eigenvalue weighted by Gasteiger charge is 2.14. The van der Waals surface area contributed by atoms with Crippen LogP contribution >= 0.6 is 0 Å². The predicted octanol–water partition coefficient (Wildman–Crippen LogP) is 2.70. The molecular weight excluding hydrogens is 378 g/mol. The summed E-state index contributed by atoms with van der Waals surface area (Å²) in [5.41, 5.74) is 7.24. The van der Waals surface area contributed by atoms with E-state index >= 15 is 0 Å². The van der Waals surface area contributed by atoms with Gasteiger partial charge >= 0.3 is 0 Å². The molecule has 0 bridgehead atoms. The lowest BCUT2D eigenvalue weighted by atomic mass is 10.1. The molecule has 0 aliphatic heterocycles. The molecule has 28 heavy (non-hydrogen) atoms. The number of nitrogen functional groups attached to an aromatic ring is 1. The van der Waals surface area contributed by atoms with Gasteiger partial charge in [0.15, 0.2) is 0 Å². The summed E-state index contributed by atoms with van der Waals surface area (Å²) < 4.78 is 34.6. The molecule has 8 heteroatoms. The van der Waals surface area contributed by atoms with Gasteiger partial charge < -0.3 is 15.2 Å². The van der Waals surface area contributed by atoms with Crippen LogP contribution in [0.15, 0.2) is 77.7 Å². The second-order valence-electron chi connectivity index (χ2n) is 5.91. The highest BCUT2D eigenvalue weighted by atomic mass is 32.2. The minimum atomic E-state index is -3.82. The first-order chi connectivity index (χ1) is 13.3. The molecule has 0 saturated carbocycles. The molecule has 0 aliphatic carbocycles. The maximum Gasteiger partial charge on any atom is 0.238 e. The molecule has 3 aromatic rings. The lowest BCUT2D eigenvalue weighted by Crippen LogP contribution is -2.13. The first kappa shape index (κ1) is 19.4. The topological polar surface area (TPSA) is 128 Å². The molecule has 0 spiro atoms. The van der Waals surface area contributed by atoms with Gasteiger partial charge in [0.2, 0.25) is 16.8 Å². The van der Waals surface area contributed by atoms with E-state index in [-0.39, 0.29) is 17.5 Å². The first-order valence-electron chi connectivity index (χ1n) is 8.27. The van der Waals surface area contributed by atoms with E-state index in [1.165, 1.54) is 6.07 Å². The van der Waals surface area contributed by atoms with Gasteiger partial charge in [0.1, 0.15) is 17.3 Å². The van der Waals surface area contributed by atoms with Gasteiger partial charge in [-0.15, -0.1) is 0 Å². The molecule has 0 aromatic heterocycles. The average molecular weight is 397 g/mol. The van der Waals surface area contributed by atoms with Crippen molar-refractivity contribution in [2.45, 2.75) is 4.90 Å². The van der Waals surface area contributed by atoms with Crippen molar-refractivity contribution in [2.24, 2.45) is 10.9 Å². The van der Waals surface area contributed by atoms with Gasteiger partial charge in [-0.25, -0.2) is 13.6 Å². The minimum absolute atomic E-state index is 0.0333. The van der Waals surface area contributed by atoms with Gasteiger partial charge in [-0.3, -0.25) is 5.41 Å². The van der Waals surface area contributed by atoms with Gasteiger partial charge in [0, 0.05) is 11.1 Å². The maximum atomic E-state index is 11.8. The third kappa shape index (κ3) is 4.67. The number of rotatable bonds is 7. The highest BCUT2D eigenvalue weighted by Crippen LogP contribution is 2.28. The molecular formula is C20H19N3O4S. The van der Waals surface area contributed by atoms with Crippen molar-refractivity contribution in [1.29, 1.82) is 5.41 Å². The average Bonchev–Trinajstić information content (AvgIpc) is 2.68. The van der Waals surface area contributed by atoms with E-state index in [1.54, 1.807) is 66.7 Å². The number of sulfonamides is 1. The Morgan fingerprint density at radius 1 is 0.893 bits per heavy atom. The molecule has 0 fully saturated rings. The molecule has 0 saturated heterocycles. The molecule has 0 aliphatic rings. The van der Waals surface area contributed by atoms with Crippen LogP contribution in [0.3, 0.4) is 0 Å². The quantitative estimate of drug-likeness (QED) is 0.321. The zero-order chi connectivity index (χ0) is 20.1. The lowest BCUT2D eigenvalue weighted by Gasteiger charge is -2.11. The number of ether oxygens (including phenoxy) is 2. The van der Waals surface area contributed by atoms with Crippen LogP contribution in [0.5, 0.6) is 11.5 Å². The Morgan fingerprint density at radius 3 is 2.25 bits per heavy atom. The van der Waals surface area contributed by atoms with Crippen LogP contribution in [0.2, 0.25) is 0 Å². The fourth-order valence-corrected chi connectivity index (χ4v) is 3.36.